The number of nitro benzene ring substituents is 1. The van der Waals surface area contributed by atoms with Crippen molar-refractivity contribution >= 4 is 17.4 Å². The van der Waals surface area contributed by atoms with Gasteiger partial charge in [0.15, 0.2) is 5.75 Å². The van der Waals surface area contributed by atoms with Gasteiger partial charge < -0.3 is 15.8 Å². The van der Waals surface area contributed by atoms with Crippen molar-refractivity contribution in [1.82, 2.24) is 0 Å². The lowest BCUT2D eigenvalue weighted by Gasteiger charge is -2.10. The van der Waals surface area contributed by atoms with Crippen LogP contribution in [-0.2, 0) is 0 Å². The molecule has 18 heavy (non-hydrogen) atoms. The SMILES string of the molecule is CC(C)COc1ccc(NC(N)=O)cc1[N+](=O)[O-]. The Bertz CT molecular complexity index is 460. The average Bonchev–Trinajstić information content (AvgIpc) is 2.26. The topological polar surface area (TPSA) is 107 Å². The normalized spacial score (nSPS) is 10.2. The van der Waals surface area contributed by atoms with Crippen LogP contribution >= 0.6 is 0 Å². The number of urea groups is 1. The van der Waals surface area contributed by atoms with Gasteiger partial charge in [-0.3, -0.25) is 10.1 Å². The van der Waals surface area contributed by atoms with Crippen molar-refractivity contribution in [3.05, 3.63) is 28.3 Å². The minimum atomic E-state index is -0.778. The number of carbonyl (C=O) groups is 1. The Morgan fingerprint density at radius 3 is 2.72 bits per heavy atom. The number of nitrogens with two attached hydrogens (primary N) is 1. The second kappa shape index (κ2) is 5.85. The predicted octanol–water partition coefficient (Wildman–Crippen LogP) is 2.12. The van der Waals surface area contributed by atoms with Gasteiger partial charge in [-0.25, -0.2) is 4.79 Å². The van der Waals surface area contributed by atoms with E-state index in [4.69, 9.17) is 10.5 Å². The molecule has 0 aromatic heterocycles. The fourth-order valence-electron chi connectivity index (χ4n) is 1.26. The van der Waals surface area contributed by atoms with Crippen LogP contribution in [0.3, 0.4) is 0 Å². The van der Waals surface area contributed by atoms with Gasteiger partial charge in [0.05, 0.1) is 11.5 Å². The van der Waals surface area contributed by atoms with Crippen LogP contribution < -0.4 is 15.8 Å². The van der Waals surface area contributed by atoms with Crippen LogP contribution in [0.25, 0.3) is 0 Å². The number of hydrogen-bond donors (Lipinski definition) is 2. The second-order valence-electron chi connectivity index (χ2n) is 4.13. The van der Waals surface area contributed by atoms with E-state index in [9.17, 15) is 14.9 Å². The smallest absolute Gasteiger partial charge is 0.316 e. The maximum Gasteiger partial charge on any atom is 0.316 e. The van der Waals surface area contributed by atoms with Gasteiger partial charge in [-0.1, -0.05) is 13.8 Å². The molecule has 2 amide bonds. The van der Waals surface area contributed by atoms with Crippen molar-refractivity contribution in [3.8, 4) is 5.75 Å². The standard InChI is InChI=1S/C11H15N3O4/c1-7(2)6-18-10-4-3-8(13-11(12)15)5-9(10)14(16)17/h3-5,7H,6H2,1-2H3,(H3,12,13,15). The number of carbonyl (C=O) groups excluding carboxylic acids is 1. The molecule has 0 unspecified atom stereocenters. The summed E-state index contributed by atoms with van der Waals surface area (Å²) in [7, 11) is 0. The van der Waals surface area contributed by atoms with E-state index in [0.717, 1.165) is 0 Å². The fourth-order valence-corrected chi connectivity index (χ4v) is 1.26. The Morgan fingerprint density at radius 2 is 2.22 bits per heavy atom. The van der Waals surface area contributed by atoms with Gasteiger partial charge in [-0.2, -0.15) is 0 Å². The zero-order valence-corrected chi connectivity index (χ0v) is 10.2. The molecule has 7 heteroatoms. The van der Waals surface area contributed by atoms with Gasteiger partial charge in [0.1, 0.15) is 0 Å². The van der Waals surface area contributed by atoms with Crippen LogP contribution in [0, 0.1) is 16.0 Å². The fraction of sp³-hybridized carbons (Fsp3) is 0.364. The lowest BCUT2D eigenvalue weighted by atomic mass is 10.2. The number of ether oxygens (including phenoxy) is 1. The molecule has 98 valence electrons. The van der Waals surface area contributed by atoms with Crippen molar-refractivity contribution in [2.75, 3.05) is 11.9 Å². The first-order valence-electron chi connectivity index (χ1n) is 5.38. The molecule has 1 aromatic rings. The summed E-state index contributed by atoms with van der Waals surface area (Å²) in [6.45, 7) is 4.26. The first kappa shape index (κ1) is 13.8. The van der Waals surface area contributed by atoms with Crippen LogP contribution in [0.15, 0.2) is 18.2 Å². The van der Waals surface area contributed by atoms with E-state index in [-0.39, 0.29) is 23.0 Å². The number of nitro groups is 1. The van der Waals surface area contributed by atoms with Crippen LogP contribution in [0.5, 0.6) is 5.75 Å². The van der Waals surface area contributed by atoms with Crippen molar-refractivity contribution in [2.24, 2.45) is 11.7 Å². The third-order valence-corrected chi connectivity index (χ3v) is 2.00. The van der Waals surface area contributed by atoms with Gasteiger partial charge >= 0.3 is 11.7 Å². The molecule has 0 fully saturated rings. The summed E-state index contributed by atoms with van der Waals surface area (Å²) in [6.07, 6.45) is 0. The summed E-state index contributed by atoms with van der Waals surface area (Å²) < 4.78 is 5.33. The maximum atomic E-state index is 10.9. The molecular formula is C11H15N3O4. The number of nitrogens with zero attached hydrogens (tertiary/aromatic N) is 1. The van der Waals surface area contributed by atoms with Gasteiger partial charge in [0.25, 0.3) is 0 Å². The molecule has 0 aliphatic carbocycles. The van der Waals surface area contributed by atoms with Gasteiger partial charge in [-0.15, -0.1) is 0 Å². The zero-order valence-electron chi connectivity index (χ0n) is 10.2. The van der Waals surface area contributed by atoms with Gasteiger partial charge in [0.2, 0.25) is 0 Å². The van der Waals surface area contributed by atoms with E-state index >= 15 is 0 Å². The van der Waals surface area contributed by atoms with Crippen molar-refractivity contribution in [1.29, 1.82) is 0 Å². The summed E-state index contributed by atoms with van der Waals surface area (Å²) in [5, 5.41) is 13.2. The molecule has 0 bridgehead atoms. The summed E-state index contributed by atoms with van der Waals surface area (Å²) in [5.41, 5.74) is 4.99. The third kappa shape index (κ3) is 3.93. The van der Waals surface area contributed by atoms with Crippen LogP contribution in [0.4, 0.5) is 16.2 Å². The first-order valence-corrected chi connectivity index (χ1v) is 5.38. The van der Waals surface area contributed by atoms with Gasteiger partial charge in [0, 0.05) is 11.8 Å². The Hall–Kier alpha value is -2.31. The highest BCUT2D eigenvalue weighted by molar-refractivity contribution is 5.88. The number of amides is 2. The van der Waals surface area contributed by atoms with Crippen molar-refractivity contribution in [3.63, 3.8) is 0 Å². The number of anilines is 1. The average molecular weight is 253 g/mol. The molecule has 1 rings (SSSR count). The molecule has 1 aromatic carbocycles. The number of nitrogens with one attached hydrogen (secondary N) is 1. The summed E-state index contributed by atoms with van der Waals surface area (Å²) >= 11 is 0. The Kier molecular flexibility index (Phi) is 4.47. The van der Waals surface area contributed by atoms with E-state index in [0.29, 0.717) is 6.61 Å². The molecule has 0 atom stereocenters. The van der Waals surface area contributed by atoms with Crippen LogP contribution in [0.1, 0.15) is 13.8 Å². The lowest BCUT2D eigenvalue weighted by Crippen LogP contribution is -2.19. The number of benzene rings is 1. The monoisotopic (exact) mass is 253 g/mol. The largest absolute Gasteiger partial charge is 0.487 e. The first-order chi connectivity index (χ1) is 8.40. The van der Waals surface area contributed by atoms with E-state index in [1.807, 2.05) is 13.8 Å². The molecule has 0 heterocycles. The molecule has 0 saturated carbocycles. The van der Waals surface area contributed by atoms with E-state index in [2.05, 4.69) is 5.32 Å². The summed E-state index contributed by atoms with van der Waals surface area (Å²) in [6, 6.07) is 3.36. The summed E-state index contributed by atoms with van der Waals surface area (Å²) in [4.78, 5) is 21.0. The highest BCUT2D eigenvalue weighted by Gasteiger charge is 2.16. The Balaban J connectivity index is 2.97. The van der Waals surface area contributed by atoms with Crippen molar-refractivity contribution in [2.45, 2.75) is 13.8 Å². The molecule has 0 aliphatic rings. The highest BCUT2D eigenvalue weighted by Crippen LogP contribution is 2.30. The second-order valence-corrected chi connectivity index (χ2v) is 4.13. The molecule has 0 spiro atoms. The zero-order chi connectivity index (χ0) is 13.7. The van der Waals surface area contributed by atoms with E-state index in [1.165, 1.54) is 18.2 Å². The van der Waals surface area contributed by atoms with Gasteiger partial charge in [-0.05, 0) is 18.1 Å². The Morgan fingerprint density at radius 1 is 1.56 bits per heavy atom. The highest BCUT2D eigenvalue weighted by atomic mass is 16.6. The maximum absolute atomic E-state index is 10.9. The molecule has 0 radical (unpaired) electrons. The number of hydrogen-bond acceptors (Lipinski definition) is 4. The van der Waals surface area contributed by atoms with E-state index in [1.54, 1.807) is 0 Å². The summed E-state index contributed by atoms with van der Waals surface area (Å²) in [5.74, 6) is 0.428. The number of rotatable bonds is 5. The minimum Gasteiger partial charge on any atom is -0.487 e. The lowest BCUT2D eigenvalue weighted by molar-refractivity contribution is -0.385. The quantitative estimate of drug-likeness (QED) is 0.618. The molecule has 3 N–H and O–H groups in total. The van der Waals surface area contributed by atoms with E-state index < -0.39 is 11.0 Å². The molecule has 0 saturated heterocycles. The number of primary amides is 1. The molecule has 0 aliphatic heterocycles. The third-order valence-electron chi connectivity index (χ3n) is 2.00. The Labute approximate surface area is 104 Å². The predicted molar refractivity (Wildman–Crippen MR) is 66.6 cm³/mol. The minimum absolute atomic E-state index is 0.170. The van der Waals surface area contributed by atoms with Crippen molar-refractivity contribution < 1.29 is 14.5 Å². The van der Waals surface area contributed by atoms with Crippen LogP contribution in [0.2, 0.25) is 0 Å². The molecule has 7 nitrogen and oxygen atoms in total. The molecular weight excluding hydrogens is 238 g/mol. The van der Waals surface area contributed by atoms with Crippen LogP contribution in [-0.4, -0.2) is 17.6 Å².